The number of esters is 1. The summed E-state index contributed by atoms with van der Waals surface area (Å²) in [5.41, 5.74) is 0.0183. The number of hydrogen-bond donors (Lipinski definition) is 0. The van der Waals surface area contributed by atoms with Crippen molar-refractivity contribution in [3.63, 3.8) is 0 Å². The van der Waals surface area contributed by atoms with Gasteiger partial charge in [-0.15, -0.1) is 0 Å². The van der Waals surface area contributed by atoms with Crippen LogP contribution in [0.3, 0.4) is 0 Å². The van der Waals surface area contributed by atoms with Crippen LogP contribution in [0.2, 0.25) is 0 Å². The standard InChI is InChI=1S/C24H25BrN4O7/c1-5-21-27-18-8-7-16(25)11-17(18)24(31)28(21)26-12-15-9-19(29(32)33)23(20(10-15)34-6-2)35-13-22(30)36-14(3)4/h7-12,14H,5-6,13H2,1-4H3. The molecule has 36 heavy (non-hydrogen) atoms. The number of nitro groups is 1. The number of halogens is 1. The van der Waals surface area contributed by atoms with E-state index < -0.39 is 23.2 Å². The van der Waals surface area contributed by atoms with E-state index in [0.717, 1.165) is 9.15 Å². The Kier molecular flexibility index (Phi) is 8.75. The lowest BCUT2D eigenvalue weighted by Crippen LogP contribution is -2.22. The molecule has 2 aromatic carbocycles. The first kappa shape index (κ1) is 26.8. The number of ether oxygens (including phenoxy) is 3. The molecule has 0 unspecified atom stereocenters. The van der Waals surface area contributed by atoms with E-state index in [4.69, 9.17) is 14.2 Å². The van der Waals surface area contributed by atoms with Crippen LogP contribution in [0, 0.1) is 10.1 Å². The Balaban J connectivity index is 2.05. The van der Waals surface area contributed by atoms with Crippen molar-refractivity contribution >= 4 is 44.7 Å². The van der Waals surface area contributed by atoms with E-state index in [1.165, 1.54) is 18.3 Å². The summed E-state index contributed by atoms with van der Waals surface area (Å²) in [6.07, 6.45) is 1.38. The fraction of sp³-hybridized carbons (Fsp3) is 0.333. The van der Waals surface area contributed by atoms with Gasteiger partial charge in [-0.2, -0.15) is 9.78 Å². The van der Waals surface area contributed by atoms with E-state index >= 15 is 0 Å². The van der Waals surface area contributed by atoms with Crippen molar-refractivity contribution in [2.75, 3.05) is 13.2 Å². The van der Waals surface area contributed by atoms with Crippen LogP contribution in [-0.2, 0) is 16.0 Å². The molecule has 0 aliphatic heterocycles. The monoisotopic (exact) mass is 560 g/mol. The largest absolute Gasteiger partial charge is 0.490 e. The molecule has 3 aromatic rings. The lowest BCUT2D eigenvalue weighted by Gasteiger charge is -2.13. The van der Waals surface area contributed by atoms with E-state index in [-0.39, 0.29) is 35.3 Å². The average molecular weight is 561 g/mol. The number of aryl methyl sites for hydroxylation is 1. The normalized spacial score (nSPS) is 11.3. The first-order chi connectivity index (χ1) is 17.1. The fourth-order valence-electron chi connectivity index (χ4n) is 3.32. The second-order valence-corrected chi connectivity index (χ2v) is 8.70. The van der Waals surface area contributed by atoms with Gasteiger partial charge in [0.15, 0.2) is 12.4 Å². The molecule has 1 aromatic heterocycles. The lowest BCUT2D eigenvalue weighted by atomic mass is 10.2. The number of rotatable bonds is 10. The SMILES string of the molecule is CCOc1cc(C=Nn2c(CC)nc3ccc(Br)cc3c2=O)cc([N+](=O)[O-])c1OCC(=O)OC(C)C. The fourth-order valence-corrected chi connectivity index (χ4v) is 3.68. The molecule has 0 amide bonds. The summed E-state index contributed by atoms with van der Waals surface area (Å²) in [5, 5.41) is 16.4. The Morgan fingerprint density at radius 2 is 2.00 bits per heavy atom. The van der Waals surface area contributed by atoms with E-state index in [1.54, 1.807) is 39.0 Å². The Bertz CT molecular complexity index is 1390. The quantitative estimate of drug-likeness (QED) is 0.155. The van der Waals surface area contributed by atoms with Crippen LogP contribution in [-0.4, -0.2) is 46.1 Å². The molecule has 0 saturated heterocycles. The van der Waals surface area contributed by atoms with Gasteiger partial charge >= 0.3 is 11.7 Å². The molecule has 0 fully saturated rings. The number of fused-ring (bicyclic) bond motifs is 1. The van der Waals surface area contributed by atoms with E-state index in [1.807, 2.05) is 6.92 Å². The molecule has 0 saturated carbocycles. The summed E-state index contributed by atoms with van der Waals surface area (Å²) in [4.78, 5) is 40.6. The number of carbonyl (C=O) groups excluding carboxylic acids is 1. The molecular weight excluding hydrogens is 536 g/mol. The minimum atomic E-state index is -0.672. The van der Waals surface area contributed by atoms with Crippen molar-refractivity contribution in [1.29, 1.82) is 0 Å². The first-order valence-electron chi connectivity index (χ1n) is 11.2. The zero-order valence-electron chi connectivity index (χ0n) is 20.2. The van der Waals surface area contributed by atoms with Crippen LogP contribution in [0.25, 0.3) is 10.9 Å². The van der Waals surface area contributed by atoms with Gasteiger partial charge in [0.2, 0.25) is 5.75 Å². The number of nitrogens with zero attached hydrogens (tertiary/aromatic N) is 4. The summed E-state index contributed by atoms with van der Waals surface area (Å²) in [5.74, 6) is -0.402. The van der Waals surface area contributed by atoms with Crippen LogP contribution in [0.5, 0.6) is 11.5 Å². The summed E-state index contributed by atoms with van der Waals surface area (Å²) >= 11 is 3.35. The molecule has 12 heteroatoms. The highest BCUT2D eigenvalue weighted by Crippen LogP contribution is 2.38. The topological polar surface area (TPSA) is 135 Å². The highest BCUT2D eigenvalue weighted by molar-refractivity contribution is 9.10. The Morgan fingerprint density at radius 1 is 1.25 bits per heavy atom. The van der Waals surface area contributed by atoms with Crippen LogP contribution >= 0.6 is 15.9 Å². The zero-order valence-corrected chi connectivity index (χ0v) is 21.8. The highest BCUT2D eigenvalue weighted by atomic mass is 79.9. The summed E-state index contributed by atoms with van der Waals surface area (Å²) in [6.45, 7) is 6.56. The van der Waals surface area contributed by atoms with Gasteiger partial charge in [0, 0.05) is 22.5 Å². The molecule has 0 radical (unpaired) electrons. The van der Waals surface area contributed by atoms with Gasteiger partial charge in [-0.1, -0.05) is 22.9 Å². The second kappa shape index (κ2) is 11.8. The molecule has 1 heterocycles. The van der Waals surface area contributed by atoms with Gasteiger partial charge in [-0.3, -0.25) is 14.9 Å². The Labute approximate surface area is 215 Å². The van der Waals surface area contributed by atoms with Crippen LogP contribution < -0.4 is 15.0 Å². The zero-order chi connectivity index (χ0) is 26.4. The maximum absolute atomic E-state index is 13.1. The van der Waals surface area contributed by atoms with E-state index in [0.29, 0.717) is 23.1 Å². The molecule has 0 aliphatic carbocycles. The van der Waals surface area contributed by atoms with Crippen LogP contribution in [0.4, 0.5) is 5.69 Å². The summed E-state index contributed by atoms with van der Waals surface area (Å²) in [6, 6.07) is 7.88. The van der Waals surface area contributed by atoms with E-state index in [2.05, 4.69) is 26.0 Å². The van der Waals surface area contributed by atoms with Gasteiger partial charge in [-0.25, -0.2) is 9.78 Å². The van der Waals surface area contributed by atoms with Crippen LogP contribution in [0.1, 0.15) is 39.1 Å². The van der Waals surface area contributed by atoms with E-state index in [9.17, 15) is 19.7 Å². The van der Waals surface area contributed by atoms with Gasteiger partial charge in [0.05, 0.1) is 34.8 Å². The number of aromatic nitrogens is 2. The highest BCUT2D eigenvalue weighted by Gasteiger charge is 2.24. The molecule has 11 nitrogen and oxygen atoms in total. The minimum Gasteiger partial charge on any atom is -0.490 e. The number of hydrogen-bond acceptors (Lipinski definition) is 9. The predicted octanol–water partition coefficient (Wildman–Crippen LogP) is 4.24. The minimum absolute atomic E-state index is 0.0501. The lowest BCUT2D eigenvalue weighted by molar-refractivity contribution is -0.385. The smallest absolute Gasteiger partial charge is 0.344 e. The third-order valence-electron chi connectivity index (χ3n) is 4.77. The van der Waals surface area contributed by atoms with Gasteiger partial charge < -0.3 is 14.2 Å². The van der Waals surface area contributed by atoms with Crippen LogP contribution in [0.15, 0.2) is 44.7 Å². The molecular formula is C24H25BrN4O7. The van der Waals surface area contributed by atoms with Crippen molar-refractivity contribution in [2.24, 2.45) is 5.10 Å². The third-order valence-corrected chi connectivity index (χ3v) is 5.26. The number of benzene rings is 2. The summed E-state index contributed by atoms with van der Waals surface area (Å²) in [7, 11) is 0. The molecule has 0 N–H and O–H groups in total. The Morgan fingerprint density at radius 3 is 2.64 bits per heavy atom. The van der Waals surface area contributed by atoms with Crippen molar-refractivity contribution in [2.45, 2.75) is 40.2 Å². The maximum Gasteiger partial charge on any atom is 0.344 e. The molecule has 0 spiro atoms. The number of carbonyl (C=O) groups is 1. The average Bonchev–Trinajstić information content (AvgIpc) is 2.82. The van der Waals surface area contributed by atoms with Gasteiger partial charge in [-0.05, 0) is 45.0 Å². The molecule has 0 bridgehead atoms. The van der Waals surface area contributed by atoms with Crippen molar-refractivity contribution in [3.8, 4) is 11.5 Å². The second-order valence-electron chi connectivity index (χ2n) is 7.79. The van der Waals surface area contributed by atoms with Crippen molar-refractivity contribution < 1.29 is 23.9 Å². The van der Waals surface area contributed by atoms with Crippen molar-refractivity contribution in [1.82, 2.24) is 9.66 Å². The predicted molar refractivity (Wildman–Crippen MR) is 137 cm³/mol. The third kappa shape index (κ3) is 6.25. The Hall–Kier alpha value is -3.80. The molecule has 0 atom stereocenters. The van der Waals surface area contributed by atoms with Gasteiger partial charge in [0.25, 0.3) is 5.56 Å². The molecule has 0 aliphatic rings. The maximum atomic E-state index is 13.1. The van der Waals surface area contributed by atoms with Gasteiger partial charge in [0.1, 0.15) is 5.82 Å². The first-order valence-corrected chi connectivity index (χ1v) is 12.0. The van der Waals surface area contributed by atoms with Crippen molar-refractivity contribution in [3.05, 3.63) is 66.7 Å². The number of nitro benzene ring substituents is 1. The molecule has 3 rings (SSSR count). The molecule has 190 valence electrons. The summed E-state index contributed by atoms with van der Waals surface area (Å²) < 4.78 is 17.9.